The number of rotatable bonds is 2. The van der Waals surface area contributed by atoms with Gasteiger partial charge in [-0.15, -0.1) is 5.10 Å². The van der Waals surface area contributed by atoms with Gasteiger partial charge in [0.1, 0.15) is 6.07 Å². The van der Waals surface area contributed by atoms with Gasteiger partial charge >= 0.3 is 0 Å². The van der Waals surface area contributed by atoms with Crippen molar-refractivity contribution in [1.82, 2.24) is 24.8 Å². The van der Waals surface area contributed by atoms with E-state index in [0.717, 1.165) is 11.1 Å². The number of nitriles is 1. The standard InChI is InChI=1S/C11H9N7/c1-13-11-16-10-3-2-8(7-5-14-15-6-7)9(4-12)18(10)17-11/h2-3,5-6H,1H3,(H,13,17)(H,14,15). The molecule has 0 amide bonds. The topological polar surface area (TPSA) is 94.7 Å². The Kier molecular flexibility index (Phi) is 2.20. The number of nitrogens with zero attached hydrogens (tertiary/aromatic N) is 5. The minimum Gasteiger partial charge on any atom is -0.356 e. The van der Waals surface area contributed by atoms with E-state index in [1.807, 2.05) is 12.1 Å². The maximum absolute atomic E-state index is 9.31. The summed E-state index contributed by atoms with van der Waals surface area (Å²) in [6.45, 7) is 0. The molecule has 18 heavy (non-hydrogen) atoms. The fraction of sp³-hybridized carbons (Fsp3) is 0.0909. The number of nitrogens with one attached hydrogen (secondary N) is 2. The average molecular weight is 239 g/mol. The first kappa shape index (κ1) is 10.3. The van der Waals surface area contributed by atoms with Crippen LogP contribution in [0, 0.1) is 11.3 Å². The number of hydrogen-bond donors (Lipinski definition) is 2. The lowest BCUT2D eigenvalue weighted by atomic mass is 10.1. The average Bonchev–Trinajstić information content (AvgIpc) is 3.05. The predicted molar refractivity (Wildman–Crippen MR) is 64.8 cm³/mol. The summed E-state index contributed by atoms with van der Waals surface area (Å²) in [5, 5.41) is 23.0. The molecule has 0 spiro atoms. The number of anilines is 1. The summed E-state index contributed by atoms with van der Waals surface area (Å²) in [5.74, 6) is 0.482. The van der Waals surface area contributed by atoms with Crippen molar-refractivity contribution in [2.24, 2.45) is 0 Å². The van der Waals surface area contributed by atoms with Gasteiger partial charge in [-0.1, -0.05) is 0 Å². The normalized spacial score (nSPS) is 10.4. The van der Waals surface area contributed by atoms with Gasteiger partial charge in [0.05, 0.1) is 6.20 Å². The summed E-state index contributed by atoms with van der Waals surface area (Å²) in [6, 6.07) is 5.81. The van der Waals surface area contributed by atoms with Crippen LogP contribution in [0.2, 0.25) is 0 Å². The Hall–Kier alpha value is -2.88. The molecule has 7 heteroatoms. The van der Waals surface area contributed by atoms with Gasteiger partial charge in [-0.25, -0.2) is 4.52 Å². The lowest BCUT2D eigenvalue weighted by Crippen LogP contribution is -1.98. The maximum atomic E-state index is 9.31. The van der Waals surface area contributed by atoms with Crippen molar-refractivity contribution < 1.29 is 0 Å². The van der Waals surface area contributed by atoms with Crippen LogP contribution in [-0.2, 0) is 0 Å². The molecule has 0 aliphatic carbocycles. The zero-order valence-corrected chi connectivity index (χ0v) is 9.55. The van der Waals surface area contributed by atoms with Gasteiger partial charge in [0.15, 0.2) is 11.3 Å². The second-order valence-electron chi connectivity index (χ2n) is 3.65. The van der Waals surface area contributed by atoms with E-state index in [1.54, 1.807) is 19.4 Å². The lowest BCUT2D eigenvalue weighted by molar-refractivity contribution is 0.945. The van der Waals surface area contributed by atoms with Crippen molar-refractivity contribution in [3.63, 3.8) is 0 Å². The quantitative estimate of drug-likeness (QED) is 0.696. The van der Waals surface area contributed by atoms with E-state index in [9.17, 15) is 5.26 Å². The number of fused-ring (bicyclic) bond motifs is 1. The fourth-order valence-electron chi connectivity index (χ4n) is 1.79. The monoisotopic (exact) mass is 239 g/mol. The minimum absolute atomic E-state index is 0.433. The van der Waals surface area contributed by atoms with E-state index in [1.165, 1.54) is 4.52 Å². The van der Waals surface area contributed by atoms with E-state index in [-0.39, 0.29) is 0 Å². The third-order valence-corrected chi connectivity index (χ3v) is 2.64. The van der Waals surface area contributed by atoms with Crippen LogP contribution in [0.5, 0.6) is 0 Å². The summed E-state index contributed by atoms with van der Waals surface area (Å²) >= 11 is 0. The van der Waals surface area contributed by atoms with Crippen LogP contribution >= 0.6 is 0 Å². The second-order valence-corrected chi connectivity index (χ2v) is 3.65. The molecule has 0 radical (unpaired) electrons. The molecule has 0 fully saturated rings. The molecule has 0 aliphatic rings. The summed E-state index contributed by atoms with van der Waals surface area (Å²) in [7, 11) is 1.73. The van der Waals surface area contributed by atoms with Gasteiger partial charge in [-0.05, 0) is 12.1 Å². The number of hydrogen-bond acceptors (Lipinski definition) is 5. The molecule has 88 valence electrons. The van der Waals surface area contributed by atoms with Crippen LogP contribution in [0.1, 0.15) is 5.69 Å². The highest BCUT2D eigenvalue weighted by atomic mass is 15.3. The van der Waals surface area contributed by atoms with Gasteiger partial charge in [0.2, 0.25) is 5.95 Å². The fourth-order valence-corrected chi connectivity index (χ4v) is 1.79. The first-order valence-corrected chi connectivity index (χ1v) is 5.30. The number of aromatic nitrogens is 5. The molecular weight excluding hydrogens is 230 g/mol. The maximum Gasteiger partial charge on any atom is 0.242 e. The molecule has 2 N–H and O–H groups in total. The summed E-state index contributed by atoms with van der Waals surface area (Å²) in [5.41, 5.74) is 2.67. The largest absolute Gasteiger partial charge is 0.356 e. The molecule has 0 saturated carbocycles. The molecule has 0 atom stereocenters. The summed E-state index contributed by atoms with van der Waals surface area (Å²) in [4.78, 5) is 4.23. The van der Waals surface area contributed by atoms with Crippen LogP contribution in [0.4, 0.5) is 5.95 Å². The van der Waals surface area contributed by atoms with Crippen LogP contribution in [0.3, 0.4) is 0 Å². The van der Waals surface area contributed by atoms with Gasteiger partial charge in [-0.3, -0.25) is 5.10 Å². The number of pyridine rings is 1. The van der Waals surface area contributed by atoms with Gasteiger partial charge < -0.3 is 5.32 Å². The predicted octanol–water partition coefficient (Wildman–Crippen LogP) is 1.03. The Balaban J connectivity index is 2.32. The summed E-state index contributed by atoms with van der Waals surface area (Å²) in [6.07, 6.45) is 3.40. The highest BCUT2D eigenvalue weighted by Gasteiger charge is 2.12. The zero-order chi connectivity index (χ0) is 12.5. The van der Waals surface area contributed by atoms with Gasteiger partial charge in [-0.2, -0.15) is 15.3 Å². The van der Waals surface area contributed by atoms with Crippen molar-refractivity contribution in [3.05, 3.63) is 30.2 Å². The lowest BCUT2D eigenvalue weighted by Gasteiger charge is -2.01. The zero-order valence-electron chi connectivity index (χ0n) is 9.55. The van der Waals surface area contributed by atoms with Crippen LogP contribution in [-0.4, -0.2) is 31.8 Å². The second kappa shape index (κ2) is 3.85. The van der Waals surface area contributed by atoms with Crippen LogP contribution in [0.25, 0.3) is 16.8 Å². The molecule has 0 aliphatic heterocycles. The molecule has 3 aromatic rings. The van der Waals surface area contributed by atoms with Crippen molar-refractivity contribution in [2.75, 3.05) is 12.4 Å². The SMILES string of the molecule is CNc1nc2ccc(-c3cn[nH]c3)c(C#N)n2n1. The Morgan fingerprint density at radius 3 is 3.00 bits per heavy atom. The molecular formula is C11H9N7. The molecule has 0 unspecified atom stereocenters. The minimum atomic E-state index is 0.433. The molecule has 0 aromatic carbocycles. The Bertz CT molecular complexity index is 733. The van der Waals surface area contributed by atoms with E-state index in [4.69, 9.17) is 0 Å². The Morgan fingerprint density at radius 1 is 1.44 bits per heavy atom. The summed E-state index contributed by atoms with van der Waals surface area (Å²) < 4.78 is 1.52. The number of aromatic amines is 1. The number of H-pyrrole nitrogens is 1. The molecule has 3 rings (SSSR count). The van der Waals surface area contributed by atoms with E-state index in [0.29, 0.717) is 17.3 Å². The van der Waals surface area contributed by atoms with Crippen molar-refractivity contribution in [2.45, 2.75) is 0 Å². The third-order valence-electron chi connectivity index (χ3n) is 2.64. The van der Waals surface area contributed by atoms with Gasteiger partial charge in [0, 0.05) is 24.4 Å². The van der Waals surface area contributed by atoms with E-state index >= 15 is 0 Å². The van der Waals surface area contributed by atoms with Crippen molar-refractivity contribution in [1.29, 1.82) is 5.26 Å². The highest BCUT2D eigenvalue weighted by molar-refractivity contribution is 5.70. The van der Waals surface area contributed by atoms with Crippen molar-refractivity contribution >= 4 is 11.6 Å². The van der Waals surface area contributed by atoms with E-state index < -0.39 is 0 Å². The molecule has 0 bridgehead atoms. The van der Waals surface area contributed by atoms with Crippen LogP contribution in [0.15, 0.2) is 24.5 Å². The van der Waals surface area contributed by atoms with E-state index in [2.05, 4.69) is 31.7 Å². The molecule has 3 heterocycles. The smallest absolute Gasteiger partial charge is 0.242 e. The van der Waals surface area contributed by atoms with Crippen molar-refractivity contribution in [3.8, 4) is 17.2 Å². The van der Waals surface area contributed by atoms with Crippen LogP contribution < -0.4 is 5.32 Å². The third kappa shape index (κ3) is 1.40. The Labute approximate surface area is 102 Å². The molecule has 3 aromatic heterocycles. The Morgan fingerprint density at radius 2 is 2.33 bits per heavy atom. The molecule has 0 saturated heterocycles. The first-order valence-electron chi connectivity index (χ1n) is 5.30. The molecule has 7 nitrogen and oxygen atoms in total. The van der Waals surface area contributed by atoms with Gasteiger partial charge in [0.25, 0.3) is 0 Å². The highest BCUT2D eigenvalue weighted by Crippen LogP contribution is 2.23. The first-order chi connectivity index (χ1) is 8.83.